The molecule has 0 saturated heterocycles. The van der Waals surface area contributed by atoms with E-state index in [0.29, 0.717) is 6.61 Å². The lowest BCUT2D eigenvalue weighted by molar-refractivity contribution is 0.315. The van der Waals surface area contributed by atoms with E-state index in [1.807, 2.05) is 25.1 Å². The van der Waals surface area contributed by atoms with Crippen LogP contribution in [0, 0.1) is 6.92 Å². The molecule has 0 aliphatic carbocycles. The van der Waals surface area contributed by atoms with Crippen LogP contribution >= 0.6 is 0 Å². The van der Waals surface area contributed by atoms with Crippen molar-refractivity contribution in [3.8, 4) is 5.75 Å². The Bertz CT molecular complexity index is 542. The van der Waals surface area contributed by atoms with E-state index in [4.69, 9.17) is 10.5 Å². The first kappa shape index (κ1) is 13.5. The van der Waals surface area contributed by atoms with Crippen LogP contribution in [0.3, 0.4) is 0 Å². The number of aryl methyl sites for hydroxylation is 1. The zero-order valence-electron chi connectivity index (χ0n) is 11.3. The molecule has 0 aliphatic heterocycles. The van der Waals surface area contributed by atoms with Crippen LogP contribution in [0.5, 0.6) is 5.75 Å². The van der Waals surface area contributed by atoms with Crippen LogP contribution in [0.25, 0.3) is 0 Å². The van der Waals surface area contributed by atoms with Gasteiger partial charge in [0.25, 0.3) is 0 Å². The van der Waals surface area contributed by atoms with Gasteiger partial charge in [0.15, 0.2) is 0 Å². The van der Waals surface area contributed by atoms with Crippen molar-refractivity contribution in [2.75, 3.05) is 6.61 Å². The highest BCUT2D eigenvalue weighted by atomic mass is 16.5. The first-order chi connectivity index (χ1) is 9.22. The van der Waals surface area contributed by atoms with Crippen LogP contribution in [0.1, 0.15) is 36.2 Å². The molecule has 0 spiro atoms. The molecule has 19 heavy (non-hydrogen) atoms. The maximum atomic E-state index is 6.26. The minimum Gasteiger partial charge on any atom is -0.492 e. The third-order valence-electron chi connectivity index (χ3n) is 2.91. The minimum absolute atomic E-state index is 0.279. The molecule has 2 N–H and O–H groups in total. The van der Waals surface area contributed by atoms with Crippen molar-refractivity contribution < 1.29 is 4.74 Å². The van der Waals surface area contributed by atoms with Gasteiger partial charge in [-0.1, -0.05) is 13.0 Å². The van der Waals surface area contributed by atoms with Gasteiger partial charge in [0, 0.05) is 12.4 Å². The quantitative estimate of drug-likeness (QED) is 0.894. The van der Waals surface area contributed by atoms with Crippen LogP contribution in [-0.2, 0) is 0 Å². The first-order valence-electron chi connectivity index (χ1n) is 6.47. The molecule has 2 aromatic rings. The predicted octanol–water partition coefficient (Wildman–Crippen LogP) is 2.62. The van der Waals surface area contributed by atoms with Crippen molar-refractivity contribution in [1.82, 2.24) is 9.97 Å². The molecule has 0 bridgehead atoms. The fourth-order valence-electron chi connectivity index (χ4n) is 1.89. The number of rotatable bonds is 5. The van der Waals surface area contributed by atoms with E-state index in [1.165, 1.54) is 0 Å². The highest BCUT2D eigenvalue weighted by molar-refractivity contribution is 5.33. The highest BCUT2D eigenvalue weighted by Crippen LogP contribution is 2.22. The van der Waals surface area contributed by atoms with E-state index in [2.05, 4.69) is 16.9 Å². The van der Waals surface area contributed by atoms with E-state index >= 15 is 0 Å². The first-order valence-corrected chi connectivity index (χ1v) is 6.47. The fourth-order valence-corrected chi connectivity index (χ4v) is 1.89. The van der Waals surface area contributed by atoms with E-state index in [1.54, 1.807) is 18.6 Å². The summed E-state index contributed by atoms with van der Waals surface area (Å²) < 4.78 is 5.57. The molecule has 0 aromatic carbocycles. The summed E-state index contributed by atoms with van der Waals surface area (Å²) in [5, 5.41) is 0. The van der Waals surface area contributed by atoms with Gasteiger partial charge in [-0.15, -0.1) is 0 Å². The van der Waals surface area contributed by atoms with Gasteiger partial charge in [0.1, 0.15) is 5.75 Å². The van der Waals surface area contributed by atoms with Crippen LogP contribution in [0.2, 0.25) is 0 Å². The summed E-state index contributed by atoms with van der Waals surface area (Å²) in [5.41, 5.74) is 9.12. The molecule has 0 aliphatic rings. The molecule has 4 nitrogen and oxygen atoms in total. The Morgan fingerprint density at radius 1 is 1.37 bits per heavy atom. The second kappa shape index (κ2) is 6.29. The Balaban J connectivity index is 2.24. The summed E-state index contributed by atoms with van der Waals surface area (Å²) in [5.74, 6) is 0.753. The average molecular weight is 257 g/mol. The largest absolute Gasteiger partial charge is 0.492 e. The van der Waals surface area contributed by atoms with Crippen molar-refractivity contribution in [2.45, 2.75) is 26.3 Å². The van der Waals surface area contributed by atoms with E-state index < -0.39 is 0 Å². The van der Waals surface area contributed by atoms with Crippen molar-refractivity contribution in [3.05, 3.63) is 53.6 Å². The van der Waals surface area contributed by atoms with Crippen LogP contribution in [-0.4, -0.2) is 16.6 Å². The van der Waals surface area contributed by atoms with Crippen LogP contribution in [0.15, 0.2) is 36.8 Å². The average Bonchev–Trinajstić information content (AvgIpc) is 2.45. The number of aromatic nitrogens is 2. The van der Waals surface area contributed by atoms with Crippen molar-refractivity contribution >= 4 is 0 Å². The maximum Gasteiger partial charge on any atom is 0.137 e. The van der Waals surface area contributed by atoms with Gasteiger partial charge in [0.05, 0.1) is 24.5 Å². The number of pyridine rings is 2. The summed E-state index contributed by atoms with van der Waals surface area (Å²) >= 11 is 0. The molecule has 0 amide bonds. The van der Waals surface area contributed by atoms with Gasteiger partial charge in [-0.05, 0) is 36.6 Å². The molecular weight excluding hydrogens is 238 g/mol. The third-order valence-corrected chi connectivity index (χ3v) is 2.91. The summed E-state index contributed by atoms with van der Waals surface area (Å²) in [4.78, 5) is 8.53. The highest BCUT2D eigenvalue weighted by Gasteiger charge is 2.13. The summed E-state index contributed by atoms with van der Waals surface area (Å²) in [6.45, 7) is 4.76. The standard InChI is InChI=1S/C15H19N3O/c1-3-7-19-13-8-12(9-17-10-13)14(16)15-11(2)5-4-6-18-15/h4-6,8-10,14H,3,7,16H2,1-2H3. The molecule has 2 heterocycles. The molecule has 100 valence electrons. The summed E-state index contributed by atoms with van der Waals surface area (Å²) in [6.07, 6.45) is 6.19. The Morgan fingerprint density at radius 3 is 2.95 bits per heavy atom. The van der Waals surface area contributed by atoms with Crippen molar-refractivity contribution in [1.29, 1.82) is 0 Å². The molecule has 1 unspecified atom stereocenters. The predicted molar refractivity (Wildman–Crippen MR) is 75.0 cm³/mol. The van der Waals surface area contributed by atoms with Gasteiger partial charge in [-0.25, -0.2) is 0 Å². The smallest absolute Gasteiger partial charge is 0.137 e. The number of ether oxygens (including phenoxy) is 1. The summed E-state index contributed by atoms with van der Waals surface area (Å²) in [7, 11) is 0. The van der Waals surface area contributed by atoms with Crippen molar-refractivity contribution in [2.24, 2.45) is 5.73 Å². The molecule has 4 heteroatoms. The molecule has 0 saturated carbocycles. The molecule has 2 rings (SSSR count). The van der Waals surface area contributed by atoms with Crippen molar-refractivity contribution in [3.63, 3.8) is 0 Å². The number of hydrogen-bond donors (Lipinski definition) is 1. The SMILES string of the molecule is CCCOc1cncc(C(N)c2ncccc2C)c1. The van der Waals surface area contributed by atoms with Gasteiger partial charge in [-0.2, -0.15) is 0 Å². The second-order valence-corrected chi connectivity index (χ2v) is 4.49. The van der Waals surface area contributed by atoms with E-state index in [-0.39, 0.29) is 6.04 Å². The lowest BCUT2D eigenvalue weighted by Gasteiger charge is -2.14. The summed E-state index contributed by atoms with van der Waals surface area (Å²) in [6, 6.07) is 5.57. The Morgan fingerprint density at radius 2 is 2.21 bits per heavy atom. The minimum atomic E-state index is -0.279. The van der Waals surface area contributed by atoms with E-state index in [9.17, 15) is 0 Å². The molecule has 0 fully saturated rings. The van der Waals surface area contributed by atoms with Gasteiger partial charge >= 0.3 is 0 Å². The maximum absolute atomic E-state index is 6.26. The monoisotopic (exact) mass is 257 g/mol. The normalized spacial score (nSPS) is 12.2. The molecule has 0 radical (unpaired) electrons. The molecular formula is C15H19N3O. The van der Waals surface area contributed by atoms with Gasteiger partial charge in [-0.3, -0.25) is 9.97 Å². The van der Waals surface area contributed by atoms with E-state index in [0.717, 1.165) is 29.0 Å². The second-order valence-electron chi connectivity index (χ2n) is 4.49. The number of hydrogen-bond acceptors (Lipinski definition) is 4. The number of nitrogens with zero attached hydrogens (tertiary/aromatic N) is 2. The Kier molecular flexibility index (Phi) is 4.47. The van der Waals surface area contributed by atoms with Crippen LogP contribution < -0.4 is 10.5 Å². The number of nitrogens with two attached hydrogens (primary N) is 1. The molecule has 1 atom stereocenters. The fraction of sp³-hybridized carbons (Fsp3) is 0.333. The van der Waals surface area contributed by atoms with Gasteiger partial charge < -0.3 is 10.5 Å². The zero-order chi connectivity index (χ0) is 13.7. The Hall–Kier alpha value is -1.94. The topological polar surface area (TPSA) is 61.0 Å². The zero-order valence-corrected chi connectivity index (χ0v) is 11.3. The van der Waals surface area contributed by atoms with Crippen LogP contribution in [0.4, 0.5) is 0 Å². The Labute approximate surface area is 113 Å². The molecule has 2 aromatic heterocycles. The lowest BCUT2D eigenvalue weighted by Crippen LogP contribution is -2.15. The third kappa shape index (κ3) is 3.29. The lowest BCUT2D eigenvalue weighted by atomic mass is 10.0. The van der Waals surface area contributed by atoms with Gasteiger partial charge in [0.2, 0.25) is 0 Å².